The first-order chi connectivity index (χ1) is 7.10. The second-order valence-electron chi connectivity index (χ2n) is 5.22. The number of nitrogens with zero attached hydrogens (tertiary/aromatic N) is 1. The summed E-state index contributed by atoms with van der Waals surface area (Å²) in [5, 5.41) is 0. The maximum absolute atomic E-state index is 12.3. The van der Waals surface area contributed by atoms with E-state index in [2.05, 4.69) is 13.8 Å². The largest absolute Gasteiger partial charge is 0.338 e. The standard InChI is InChI=1S/C12H22N2O/c1-3-5-12(6-7-12)11(15)14-8-4-10(13)9(14)2/h9-10H,3-8,13H2,1-2H3. The molecule has 3 nitrogen and oxygen atoms in total. The Morgan fingerprint density at radius 3 is 2.60 bits per heavy atom. The molecular weight excluding hydrogens is 188 g/mol. The molecule has 2 fully saturated rings. The van der Waals surface area contributed by atoms with Crippen LogP contribution >= 0.6 is 0 Å². The summed E-state index contributed by atoms with van der Waals surface area (Å²) in [5.74, 6) is 0.379. The number of likely N-dealkylation sites (tertiary alicyclic amines) is 1. The average Bonchev–Trinajstić information content (AvgIpc) is 2.92. The molecule has 2 rings (SSSR count). The molecule has 2 aliphatic rings. The number of hydrogen-bond acceptors (Lipinski definition) is 2. The highest BCUT2D eigenvalue weighted by atomic mass is 16.2. The van der Waals surface area contributed by atoms with Crippen molar-refractivity contribution in [3.8, 4) is 0 Å². The minimum absolute atomic E-state index is 0.0209. The predicted molar refractivity (Wildman–Crippen MR) is 60.3 cm³/mol. The Balaban J connectivity index is 2.02. The number of carbonyl (C=O) groups is 1. The quantitative estimate of drug-likeness (QED) is 0.767. The molecule has 1 saturated heterocycles. The Morgan fingerprint density at radius 1 is 1.53 bits per heavy atom. The van der Waals surface area contributed by atoms with Gasteiger partial charge in [-0.15, -0.1) is 0 Å². The topological polar surface area (TPSA) is 46.3 Å². The molecule has 3 heteroatoms. The van der Waals surface area contributed by atoms with Crippen molar-refractivity contribution in [2.24, 2.45) is 11.1 Å². The molecule has 1 saturated carbocycles. The Morgan fingerprint density at radius 2 is 2.20 bits per heavy atom. The van der Waals surface area contributed by atoms with Gasteiger partial charge in [-0.3, -0.25) is 4.79 Å². The number of amides is 1. The lowest BCUT2D eigenvalue weighted by Gasteiger charge is -2.27. The zero-order valence-corrected chi connectivity index (χ0v) is 9.83. The molecular formula is C12H22N2O. The lowest BCUT2D eigenvalue weighted by atomic mass is 9.98. The van der Waals surface area contributed by atoms with Crippen LogP contribution in [0.1, 0.15) is 46.0 Å². The molecule has 86 valence electrons. The Bertz CT molecular complexity index is 260. The molecule has 1 aliphatic carbocycles. The lowest BCUT2D eigenvalue weighted by Crippen LogP contribution is -2.43. The highest BCUT2D eigenvalue weighted by Gasteiger charge is 2.52. The summed E-state index contributed by atoms with van der Waals surface area (Å²) < 4.78 is 0. The summed E-state index contributed by atoms with van der Waals surface area (Å²) >= 11 is 0. The normalized spacial score (nSPS) is 33.1. The predicted octanol–water partition coefficient (Wildman–Crippen LogP) is 1.51. The van der Waals surface area contributed by atoms with Crippen LogP contribution in [0.4, 0.5) is 0 Å². The smallest absolute Gasteiger partial charge is 0.229 e. The van der Waals surface area contributed by atoms with E-state index in [1.807, 2.05) is 4.90 Å². The van der Waals surface area contributed by atoms with Gasteiger partial charge in [-0.25, -0.2) is 0 Å². The van der Waals surface area contributed by atoms with Crippen LogP contribution in [0.15, 0.2) is 0 Å². The fourth-order valence-corrected chi connectivity index (χ4v) is 2.76. The van der Waals surface area contributed by atoms with Crippen LogP contribution < -0.4 is 5.73 Å². The number of carbonyl (C=O) groups excluding carboxylic acids is 1. The summed E-state index contributed by atoms with van der Waals surface area (Å²) in [7, 11) is 0. The first-order valence-electron chi connectivity index (χ1n) is 6.17. The fourth-order valence-electron chi connectivity index (χ4n) is 2.76. The molecule has 1 heterocycles. The summed E-state index contributed by atoms with van der Waals surface area (Å²) in [6, 6.07) is 0.429. The maximum Gasteiger partial charge on any atom is 0.229 e. The zero-order chi connectivity index (χ0) is 11.1. The SMILES string of the molecule is CCCC1(C(=O)N2CCC(N)C2C)CC1. The third-order valence-corrected chi connectivity index (χ3v) is 4.11. The van der Waals surface area contributed by atoms with Gasteiger partial charge in [0.05, 0.1) is 0 Å². The summed E-state index contributed by atoms with van der Waals surface area (Å²) in [6.45, 7) is 5.11. The van der Waals surface area contributed by atoms with Gasteiger partial charge in [-0.05, 0) is 32.6 Å². The van der Waals surface area contributed by atoms with Gasteiger partial charge in [0.15, 0.2) is 0 Å². The van der Waals surface area contributed by atoms with E-state index in [0.29, 0.717) is 5.91 Å². The van der Waals surface area contributed by atoms with Gasteiger partial charge < -0.3 is 10.6 Å². The molecule has 0 spiro atoms. The highest BCUT2D eigenvalue weighted by molar-refractivity contribution is 5.85. The molecule has 1 amide bonds. The van der Waals surface area contributed by atoms with Crippen LogP contribution in [0.3, 0.4) is 0 Å². The van der Waals surface area contributed by atoms with Gasteiger partial charge >= 0.3 is 0 Å². The third-order valence-electron chi connectivity index (χ3n) is 4.11. The van der Waals surface area contributed by atoms with E-state index in [4.69, 9.17) is 5.73 Å². The molecule has 2 atom stereocenters. The van der Waals surface area contributed by atoms with E-state index < -0.39 is 0 Å². The van der Waals surface area contributed by atoms with Crippen LogP contribution in [0.25, 0.3) is 0 Å². The zero-order valence-electron chi connectivity index (χ0n) is 9.83. The van der Waals surface area contributed by atoms with Crippen molar-refractivity contribution in [3.05, 3.63) is 0 Å². The first-order valence-corrected chi connectivity index (χ1v) is 6.17. The molecule has 2 unspecified atom stereocenters. The minimum atomic E-state index is 0.0209. The van der Waals surface area contributed by atoms with Crippen LogP contribution in [0.5, 0.6) is 0 Å². The highest BCUT2D eigenvalue weighted by Crippen LogP contribution is 2.51. The fraction of sp³-hybridized carbons (Fsp3) is 0.917. The minimum Gasteiger partial charge on any atom is -0.338 e. The summed E-state index contributed by atoms with van der Waals surface area (Å²) in [6.07, 6.45) is 5.33. The van der Waals surface area contributed by atoms with Crippen LogP contribution in [-0.2, 0) is 4.79 Å². The second-order valence-corrected chi connectivity index (χ2v) is 5.22. The Kier molecular flexibility index (Phi) is 2.75. The van der Waals surface area contributed by atoms with Crippen molar-refractivity contribution in [1.82, 2.24) is 4.90 Å². The molecule has 0 radical (unpaired) electrons. The van der Waals surface area contributed by atoms with E-state index >= 15 is 0 Å². The van der Waals surface area contributed by atoms with E-state index in [1.54, 1.807) is 0 Å². The van der Waals surface area contributed by atoms with Crippen LogP contribution in [-0.4, -0.2) is 29.4 Å². The van der Waals surface area contributed by atoms with Crippen LogP contribution in [0.2, 0.25) is 0 Å². The van der Waals surface area contributed by atoms with Crippen molar-refractivity contribution in [3.63, 3.8) is 0 Å². The summed E-state index contributed by atoms with van der Waals surface area (Å²) in [4.78, 5) is 14.4. The Hall–Kier alpha value is -0.570. The van der Waals surface area contributed by atoms with E-state index in [1.165, 1.54) is 0 Å². The van der Waals surface area contributed by atoms with Crippen molar-refractivity contribution < 1.29 is 4.79 Å². The Labute approximate surface area is 92.0 Å². The number of nitrogens with two attached hydrogens (primary N) is 1. The molecule has 0 aromatic heterocycles. The van der Waals surface area contributed by atoms with Crippen LogP contribution in [0, 0.1) is 5.41 Å². The monoisotopic (exact) mass is 210 g/mol. The number of rotatable bonds is 3. The van der Waals surface area contributed by atoms with Crippen molar-refractivity contribution >= 4 is 5.91 Å². The molecule has 0 aromatic carbocycles. The van der Waals surface area contributed by atoms with Crippen molar-refractivity contribution in [1.29, 1.82) is 0 Å². The van der Waals surface area contributed by atoms with E-state index in [0.717, 1.165) is 38.6 Å². The van der Waals surface area contributed by atoms with Gasteiger partial charge in [0.25, 0.3) is 0 Å². The number of hydrogen-bond donors (Lipinski definition) is 1. The van der Waals surface area contributed by atoms with Gasteiger partial charge in [0.2, 0.25) is 5.91 Å². The van der Waals surface area contributed by atoms with Gasteiger partial charge in [-0.2, -0.15) is 0 Å². The molecule has 0 aromatic rings. The van der Waals surface area contributed by atoms with E-state index in [-0.39, 0.29) is 17.5 Å². The first kappa shape index (κ1) is 10.9. The van der Waals surface area contributed by atoms with Gasteiger partial charge in [-0.1, -0.05) is 13.3 Å². The third kappa shape index (κ3) is 1.78. The molecule has 2 N–H and O–H groups in total. The molecule has 0 bridgehead atoms. The second kappa shape index (κ2) is 3.78. The van der Waals surface area contributed by atoms with Crippen molar-refractivity contribution in [2.45, 2.75) is 58.0 Å². The van der Waals surface area contributed by atoms with Gasteiger partial charge in [0.1, 0.15) is 0 Å². The summed E-state index contributed by atoms with van der Waals surface area (Å²) in [5.41, 5.74) is 5.97. The average molecular weight is 210 g/mol. The molecule has 15 heavy (non-hydrogen) atoms. The maximum atomic E-state index is 12.3. The van der Waals surface area contributed by atoms with E-state index in [9.17, 15) is 4.79 Å². The lowest BCUT2D eigenvalue weighted by molar-refractivity contribution is -0.138. The van der Waals surface area contributed by atoms with Crippen molar-refractivity contribution in [2.75, 3.05) is 6.54 Å². The van der Waals surface area contributed by atoms with Gasteiger partial charge in [0, 0.05) is 24.0 Å². The molecule has 1 aliphatic heterocycles.